The molecule has 2 aromatic rings. The smallest absolute Gasteiger partial charge is 0.290 e. The van der Waals surface area contributed by atoms with E-state index < -0.39 is 6.04 Å². The summed E-state index contributed by atoms with van der Waals surface area (Å²) in [6.07, 6.45) is 2.89. The third-order valence-corrected chi connectivity index (χ3v) is 4.23. The molecule has 1 unspecified atom stereocenters. The summed E-state index contributed by atoms with van der Waals surface area (Å²) in [7, 11) is 0. The molecule has 5 nitrogen and oxygen atoms in total. The van der Waals surface area contributed by atoms with Gasteiger partial charge < -0.3 is 14.6 Å². The lowest BCUT2D eigenvalue weighted by molar-refractivity contribution is -0.119. The molecule has 2 amide bonds. The van der Waals surface area contributed by atoms with Gasteiger partial charge in [0.2, 0.25) is 5.91 Å². The highest BCUT2D eigenvalue weighted by molar-refractivity contribution is 6.30. The number of hydrogen-bond donors (Lipinski definition) is 1. The Morgan fingerprint density at radius 2 is 2.17 bits per heavy atom. The van der Waals surface area contributed by atoms with Crippen LogP contribution in [0.1, 0.15) is 29.0 Å². The molecule has 1 aromatic carbocycles. The number of anilines is 1. The molecule has 120 valence electrons. The number of nitrogens with zero attached hydrogens (tertiary/aromatic N) is 1. The highest BCUT2D eigenvalue weighted by Gasteiger charge is 2.35. The van der Waals surface area contributed by atoms with Gasteiger partial charge in [-0.25, -0.2) is 0 Å². The van der Waals surface area contributed by atoms with Crippen LogP contribution in [0.4, 0.5) is 5.69 Å². The maximum atomic E-state index is 12.6. The summed E-state index contributed by atoms with van der Waals surface area (Å²) < 4.78 is 5.15. The van der Waals surface area contributed by atoms with Crippen LogP contribution in [0.15, 0.2) is 41.0 Å². The van der Waals surface area contributed by atoms with Gasteiger partial charge in [0, 0.05) is 17.3 Å². The van der Waals surface area contributed by atoms with E-state index in [-0.39, 0.29) is 17.6 Å². The number of carbonyl (C=O) groups is 2. The fourth-order valence-electron chi connectivity index (χ4n) is 2.81. The zero-order valence-electron chi connectivity index (χ0n) is 12.7. The average molecular weight is 333 g/mol. The van der Waals surface area contributed by atoms with Gasteiger partial charge in [0.1, 0.15) is 6.04 Å². The van der Waals surface area contributed by atoms with Gasteiger partial charge in [0.05, 0.1) is 6.26 Å². The van der Waals surface area contributed by atoms with E-state index >= 15 is 0 Å². The fourth-order valence-corrected chi connectivity index (χ4v) is 3.03. The number of benzene rings is 1. The predicted octanol–water partition coefficient (Wildman–Crippen LogP) is 3.48. The number of hydrogen-bond acceptors (Lipinski definition) is 3. The van der Waals surface area contributed by atoms with Gasteiger partial charge in [-0.15, -0.1) is 0 Å². The number of likely N-dealkylation sites (tertiary alicyclic amines) is 1. The molecule has 1 fully saturated rings. The van der Waals surface area contributed by atoms with Gasteiger partial charge in [0.15, 0.2) is 5.76 Å². The number of nitrogens with one attached hydrogen (secondary N) is 1. The summed E-state index contributed by atoms with van der Waals surface area (Å²) in [5, 5.41) is 3.51. The quantitative estimate of drug-likeness (QED) is 0.935. The maximum Gasteiger partial charge on any atom is 0.290 e. The van der Waals surface area contributed by atoms with Crippen molar-refractivity contribution in [3.05, 3.63) is 52.9 Å². The summed E-state index contributed by atoms with van der Waals surface area (Å²) >= 11 is 5.93. The number of amides is 2. The summed E-state index contributed by atoms with van der Waals surface area (Å²) in [4.78, 5) is 26.6. The molecule has 1 aliphatic rings. The van der Waals surface area contributed by atoms with Gasteiger partial charge in [-0.1, -0.05) is 11.6 Å². The molecule has 1 atom stereocenters. The number of furan rings is 1. The van der Waals surface area contributed by atoms with Crippen molar-refractivity contribution < 1.29 is 14.0 Å². The van der Waals surface area contributed by atoms with Crippen LogP contribution in [-0.2, 0) is 4.79 Å². The Bertz CT molecular complexity index is 727. The van der Waals surface area contributed by atoms with Crippen LogP contribution in [0.3, 0.4) is 0 Å². The summed E-state index contributed by atoms with van der Waals surface area (Å²) in [5.41, 5.74) is 1.59. The molecule has 3 rings (SSSR count). The Balaban J connectivity index is 1.74. The number of halogens is 1. The van der Waals surface area contributed by atoms with Crippen LogP contribution in [0.5, 0.6) is 0 Å². The van der Waals surface area contributed by atoms with E-state index in [9.17, 15) is 9.59 Å². The molecule has 2 heterocycles. The topological polar surface area (TPSA) is 62.6 Å². The second kappa shape index (κ2) is 6.46. The van der Waals surface area contributed by atoms with E-state index in [0.29, 0.717) is 23.7 Å². The minimum Gasteiger partial charge on any atom is -0.459 e. The molecule has 0 radical (unpaired) electrons. The molecule has 0 saturated carbocycles. The van der Waals surface area contributed by atoms with Crippen LogP contribution in [0.25, 0.3) is 0 Å². The Morgan fingerprint density at radius 1 is 1.35 bits per heavy atom. The maximum absolute atomic E-state index is 12.6. The van der Waals surface area contributed by atoms with Crippen molar-refractivity contribution in [1.82, 2.24) is 4.90 Å². The monoisotopic (exact) mass is 332 g/mol. The lowest BCUT2D eigenvalue weighted by atomic mass is 10.1. The fraction of sp³-hybridized carbons (Fsp3) is 0.294. The van der Waals surface area contributed by atoms with Crippen molar-refractivity contribution in [1.29, 1.82) is 0 Å². The second-order valence-corrected chi connectivity index (χ2v) is 6.02. The van der Waals surface area contributed by atoms with Gasteiger partial charge in [-0.3, -0.25) is 9.59 Å². The summed E-state index contributed by atoms with van der Waals surface area (Å²) in [5.74, 6) is -0.180. The lowest BCUT2D eigenvalue weighted by Crippen LogP contribution is -2.43. The van der Waals surface area contributed by atoms with Crippen LogP contribution in [0.2, 0.25) is 5.02 Å². The van der Waals surface area contributed by atoms with Gasteiger partial charge in [0.25, 0.3) is 5.91 Å². The van der Waals surface area contributed by atoms with E-state index in [1.54, 1.807) is 35.2 Å². The minimum atomic E-state index is -0.484. The molecule has 1 saturated heterocycles. The number of carbonyl (C=O) groups excluding carboxylic acids is 2. The second-order valence-electron chi connectivity index (χ2n) is 5.58. The van der Waals surface area contributed by atoms with Crippen molar-refractivity contribution in [2.75, 3.05) is 11.9 Å². The van der Waals surface area contributed by atoms with Gasteiger partial charge >= 0.3 is 0 Å². The average Bonchev–Trinajstić information content (AvgIpc) is 3.20. The first-order chi connectivity index (χ1) is 11.1. The van der Waals surface area contributed by atoms with E-state index in [0.717, 1.165) is 12.0 Å². The predicted molar refractivity (Wildman–Crippen MR) is 87.6 cm³/mol. The SMILES string of the molecule is Cc1cc(Cl)ccc1NC(=O)C1CCCN1C(=O)c1ccco1. The Hall–Kier alpha value is -2.27. The third-order valence-electron chi connectivity index (χ3n) is 3.99. The highest BCUT2D eigenvalue weighted by atomic mass is 35.5. The normalized spacial score (nSPS) is 17.3. The van der Waals surface area contributed by atoms with Crippen molar-refractivity contribution in [3.63, 3.8) is 0 Å². The molecule has 0 aliphatic carbocycles. The third kappa shape index (κ3) is 3.24. The minimum absolute atomic E-state index is 0.187. The van der Waals surface area contributed by atoms with Crippen molar-refractivity contribution >= 4 is 29.1 Å². The molecule has 6 heteroatoms. The molecule has 1 aromatic heterocycles. The van der Waals surface area contributed by atoms with Crippen LogP contribution in [0, 0.1) is 6.92 Å². The molecule has 0 spiro atoms. The van der Waals surface area contributed by atoms with Gasteiger partial charge in [-0.05, 0) is 55.7 Å². The highest BCUT2D eigenvalue weighted by Crippen LogP contribution is 2.24. The largest absolute Gasteiger partial charge is 0.459 e. The molecule has 1 aliphatic heterocycles. The van der Waals surface area contributed by atoms with Crippen LogP contribution >= 0.6 is 11.6 Å². The van der Waals surface area contributed by atoms with Gasteiger partial charge in [-0.2, -0.15) is 0 Å². The summed E-state index contributed by atoms with van der Waals surface area (Å²) in [6, 6.07) is 8.07. The zero-order valence-corrected chi connectivity index (χ0v) is 13.5. The molecular formula is C17H17ClN2O3. The van der Waals surface area contributed by atoms with E-state index in [1.807, 2.05) is 6.92 Å². The Morgan fingerprint density at radius 3 is 2.87 bits per heavy atom. The summed E-state index contributed by atoms with van der Waals surface area (Å²) in [6.45, 7) is 2.43. The standard InChI is InChI=1S/C17H17ClN2O3/c1-11-10-12(18)6-7-13(11)19-16(21)14-4-2-8-20(14)17(22)15-5-3-9-23-15/h3,5-7,9-10,14H,2,4,8H2,1H3,(H,19,21). The number of aryl methyl sites for hydroxylation is 1. The van der Waals surface area contributed by atoms with Crippen LogP contribution < -0.4 is 5.32 Å². The van der Waals surface area contributed by atoms with E-state index in [1.165, 1.54) is 6.26 Å². The lowest BCUT2D eigenvalue weighted by Gasteiger charge is -2.23. The first-order valence-electron chi connectivity index (χ1n) is 7.48. The Labute approximate surface area is 139 Å². The van der Waals surface area contributed by atoms with E-state index in [4.69, 9.17) is 16.0 Å². The first kappa shape index (κ1) is 15.6. The van der Waals surface area contributed by atoms with Crippen molar-refractivity contribution in [2.24, 2.45) is 0 Å². The van der Waals surface area contributed by atoms with Crippen LogP contribution in [-0.4, -0.2) is 29.3 Å². The van der Waals surface area contributed by atoms with Crippen molar-refractivity contribution in [2.45, 2.75) is 25.8 Å². The van der Waals surface area contributed by atoms with Crippen molar-refractivity contribution in [3.8, 4) is 0 Å². The number of rotatable bonds is 3. The molecular weight excluding hydrogens is 316 g/mol. The Kier molecular flexibility index (Phi) is 4.39. The van der Waals surface area contributed by atoms with E-state index in [2.05, 4.69) is 5.32 Å². The zero-order chi connectivity index (χ0) is 16.4. The molecule has 0 bridgehead atoms. The molecule has 23 heavy (non-hydrogen) atoms. The first-order valence-corrected chi connectivity index (χ1v) is 7.85. The molecule has 1 N–H and O–H groups in total.